The molecule has 10 heteroatoms. The molecule has 1 saturated carbocycles. The second kappa shape index (κ2) is 10.7. The first-order valence-electron chi connectivity index (χ1n) is 9.91. The number of aromatic nitrogens is 4. The third-order valence-electron chi connectivity index (χ3n) is 4.76. The van der Waals surface area contributed by atoms with Crippen LogP contribution in [0.1, 0.15) is 52.4 Å². The van der Waals surface area contributed by atoms with Crippen molar-refractivity contribution in [2.45, 2.75) is 65.5 Å². The number of hydrogen-bond donors (Lipinski definition) is 1. The largest absolute Gasteiger partial charge is 0.332 e. The number of nitrogens with zero attached hydrogens (tertiary/aromatic N) is 4. The molecule has 0 aromatic carbocycles. The van der Waals surface area contributed by atoms with Crippen LogP contribution < -0.4 is 11.2 Å². The summed E-state index contributed by atoms with van der Waals surface area (Å²) < 4.78 is 19.5. The van der Waals surface area contributed by atoms with E-state index in [9.17, 15) is 14.2 Å². The molecule has 1 atom stereocenters. The summed E-state index contributed by atoms with van der Waals surface area (Å²) in [6.07, 6.45) is 7.58. The number of unbranched alkanes of at least 4 members (excludes halogenated alkanes) is 2. The highest BCUT2D eigenvalue weighted by molar-refractivity contribution is 7.32. The van der Waals surface area contributed by atoms with Crippen LogP contribution in [0.5, 0.6) is 0 Å². The molecule has 1 aliphatic rings. The fourth-order valence-corrected chi connectivity index (χ4v) is 3.09. The van der Waals surface area contributed by atoms with E-state index in [2.05, 4.69) is 23.4 Å². The Labute approximate surface area is 164 Å². The van der Waals surface area contributed by atoms with Gasteiger partial charge in [0.1, 0.15) is 0 Å². The van der Waals surface area contributed by atoms with Gasteiger partial charge in [0.25, 0.3) is 5.56 Å². The zero-order valence-corrected chi connectivity index (χ0v) is 17.9. The molecule has 9 nitrogen and oxygen atoms in total. The van der Waals surface area contributed by atoms with Gasteiger partial charge < -0.3 is 14.0 Å². The maximum Gasteiger partial charge on any atom is 0.332 e. The van der Waals surface area contributed by atoms with E-state index in [4.69, 9.17) is 4.89 Å². The van der Waals surface area contributed by atoms with Gasteiger partial charge in [0.15, 0.2) is 11.2 Å². The second-order valence-corrected chi connectivity index (χ2v) is 7.95. The summed E-state index contributed by atoms with van der Waals surface area (Å²) >= 11 is 0. The molecule has 3 rings (SSSR count). The van der Waals surface area contributed by atoms with Crippen molar-refractivity contribution in [3.63, 3.8) is 0 Å². The Morgan fingerprint density at radius 1 is 1.25 bits per heavy atom. The highest BCUT2D eigenvalue weighted by atomic mass is 31.1. The van der Waals surface area contributed by atoms with Crippen molar-refractivity contribution in [3.8, 4) is 0 Å². The van der Waals surface area contributed by atoms with Gasteiger partial charge in [0, 0.05) is 20.1 Å². The molecule has 0 aliphatic heterocycles. The van der Waals surface area contributed by atoms with Gasteiger partial charge in [-0.2, -0.15) is 0 Å². The van der Waals surface area contributed by atoms with Crippen molar-refractivity contribution < 1.29 is 14.0 Å². The Morgan fingerprint density at radius 3 is 2.50 bits per heavy atom. The van der Waals surface area contributed by atoms with E-state index < -0.39 is 13.9 Å². The standard InChI is InChI=1S/C14H21N4O5P.C4H10/c1-16-12-11(17(9-15-12)8-10-4-5-10)13(19)18(14(16)20)6-2-3-7-23-24(21)22;1-3-4-2/h9-10,24H,2-8H2,1H3,(H,21,22);3-4H2,1-2H3. The van der Waals surface area contributed by atoms with Crippen LogP contribution in [0.25, 0.3) is 11.2 Å². The molecule has 158 valence electrons. The Hall–Kier alpha value is -1.70. The molecule has 0 spiro atoms. The first kappa shape index (κ1) is 22.6. The lowest BCUT2D eigenvalue weighted by Gasteiger charge is -2.09. The summed E-state index contributed by atoms with van der Waals surface area (Å²) in [5, 5.41) is 0. The minimum absolute atomic E-state index is 0.130. The number of rotatable bonds is 9. The van der Waals surface area contributed by atoms with Crippen LogP contribution in [0, 0.1) is 5.92 Å². The molecule has 0 amide bonds. The van der Waals surface area contributed by atoms with Crippen LogP contribution in [-0.2, 0) is 29.2 Å². The quantitative estimate of drug-likeness (QED) is 0.498. The Bertz CT molecular complexity index is 911. The molecule has 1 aliphatic carbocycles. The predicted molar refractivity (Wildman–Crippen MR) is 109 cm³/mol. The highest BCUT2D eigenvalue weighted by Gasteiger charge is 2.24. The molecular weight excluding hydrogens is 383 g/mol. The summed E-state index contributed by atoms with van der Waals surface area (Å²) in [5.41, 5.74) is 0.133. The molecule has 2 aromatic heterocycles. The van der Waals surface area contributed by atoms with Crippen LogP contribution in [0.4, 0.5) is 0 Å². The lowest BCUT2D eigenvalue weighted by molar-refractivity contribution is 0.272. The monoisotopic (exact) mass is 414 g/mol. The molecule has 2 aromatic rings. The van der Waals surface area contributed by atoms with Crippen LogP contribution in [-0.4, -0.2) is 30.2 Å². The molecule has 28 heavy (non-hydrogen) atoms. The summed E-state index contributed by atoms with van der Waals surface area (Å²) in [5.74, 6) is 0.589. The second-order valence-electron chi connectivity index (χ2n) is 7.13. The lowest BCUT2D eigenvalue weighted by Crippen LogP contribution is -2.39. The van der Waals surface area contributed by atoms with E-state index in [-0.39, 0.29) is 18.7 Å². The summed E-state index contributed by atoms with van der Waals surface area (Å²) in [7, 11) is -1.32. The first-order chi connectivity index (χ1) is 13.4. The maximum absolute atomic E-state index is 12.7. The van der Waals surface area contributed by atoms with Gasteiger partial charge in [-0.05, 0) is 31.6 Å². The van der Waals surface area contributed by atoms with E-state index in [0.717, 1.165) is 19.4 Å². The molecule has 2 heterocycles. The molecule has 1 fully saturated rings. The van der Waals surface area contributed by atoms with Crippen LogP contribution >= 0.6 is 8.25 Å². The van der Waals surface area contributed by atoms with E-state index in [1.165, 1.54) is 22.0 Å². The maximum atomic E-state index is 12.7. The Balaban J connectivity index is 0.000000640. The van der Waals surface area contributed by atoms with Gasteiger partial charge in [-0.15, -0.1) is 0 Å². The molecule has 0 saturated heterocycles. The van der Waals surface area contributed by atoms with E-state index in [1.54, 1.807) is 13.4 Å². The van der Waals surface area contributed by atoms with Crippen molar-refractivity contribution in [1.82, 2.24) is 18.7 Å². The fraction of sp³-hybridized carbons (Fsp3) is 0.722. The summed E-state index contributed by atoms with van der Waals surface area (Å²) in [6.45, 7) is 5.49. The van der Waals surface area contributed by atoms with Crippen molar-refractivity contribution in [2.24, 2.45) is 13.0 Å². The first-order valence-corrected chi connectivity index (χ1v) is 11.2. The number of imidazole rings is 1. The third kappa shape index (κ3) is 5.90. The van der Waals surface area contributed by atoms with Gasteiger partial charge in [0.05, 0.1) is 12.9 Å². The minimum Gasteiger partial charge on any atom is -0.326 e. The van der Waals surface area contributed by atoms with Crippen molar-refractivity contribution in [2.75, 3.05) is 6.61 Å². The SMILES string of the molecule is CCCC.Cn1c(=O)n(CCCCO[PH](=O)O)c(=O)c2c1ncn2CC1CC1. The summed E-state index contributed by atoms with van der Waals surface area (Å²) in [4.78, 5) is 37.9. The van der Waals surface area contributed by atoms with Gasteiger partial charge in [-0.3, -0.25) is 18.5 Å². The fourth-order valence-electron chi connectivity index (χ4n) is 2.77. The van der Waals surface area contributed by atoms with Crippen LogP contribution in [0.3, 0.4) is 0 Å². The van der Waals surface area contributed by atoms with Gasteiger partial charge in [0.2, 0.25) is 0 Å². The lowest BCUT2D eigenvalue weighted by atomic mass is 10.3. The van der Waals surface area contributed by atoms with Crippen molar-refractivity contribution >= 4 is 19.4 Å². The molecule has 0 radical (unpaired) electrons. The summed E-state index contributed by atoms with van der Waals surface area (Å²) in [6, 6.07) is 0. The zero-order chi connectivity index (χ0) is 20.7. The van der Waals surface area contributed by atoms with E-state index in [1.807, 2.05) is 4.57 Å². The number of hydrogen-bond acceptors (Lipinski definition) is 5. The average molecular weight is 414 g/mol. The van der Waals surface area contributed by atoms with Gasteiger partial charge >= 0.3 is 13.9 Å². The molecule has 1 N–H and O–H groups in total. The normalized spacial score (nSPS) is 14.7. The molecule has 1 unspecified atom stereocenters. The van der Waals surface area contributed by atoms with Gasteiger partial charge in [-0.1, -0.05) is 26.7 Å². The highest BCUT2D eigenvalue weighted by Crippen LogP contribution is 2.31. The number of aryl methyl sites for hydroxylation is 1. The Kier molecular flexibility index (Phi) is 8.66. The number of fused-ring (bicyclic) bond motifs is 1. The van der Waals surface area contributed by atoms with Crippen molar-refractivity contribution in [3.05, 3.63) is 27.2 Å². The van der Waals surface area contributed by atoms with Crippen LogP contribution in [0.15, 0.2) is 15.9 Å². The molecular formula is C18H31N4O5P. The minimum atomic E-state index is -2.93. The Morgan fingerprint density at radius 2 is 1.93 bits per heavy atom. The van der Waals surface area contributed by atoms with E-state index >= 15 is 0 Å². The van der Waals surface area contributed by atoms with Crippen molar-refractivity contribution in [1.29, 1.82) is 0 Å². The van der Waals surface area contributed by atoms with Gasteiger partial charge in [-0.25, -0.2) is 9.78 Å². The molecule has 0 bridgehead atoms. The topological polar surface area (TPSA) is 108 Å². The third-order valence-corrected chi connectivity index (χ3v) is 5.21. The predicted octanol–water partition coefficient (Wildman–Crippen LogP) is 2.29. The smallest absolute Gasteiger partial charge is 0.326 e. The van der Waals surface area contributed by atoms with Crippen LogP contribution in [0.2, 0.25) is 0 Å². The average Bonchev–Trinajstić information content (AvgIpc) is 3.39. The van der Waals surface area contributed by atoms with E-state index in [0.29, 0.717) is 29.9 Å². The zero-order valence-electron chi connectivity index (χ0n) is 16.9.